The molecule has 5 aliphatic heterocycles. The molecule has 2 bridgehead atoms. The molecule has 0 saturated carbocycles. The third-order valence-electron chi connectivity index (χ3n) is 11.2. The van der Waals surface area contributed by atoms with Crippen LogP contribution in [0.25, 0.3) is 10.8 Å². The summed E-state index contributed by atoms with van der Waals surface area (Å²) in [6.45, 7) is 5.95. The summed E-state index contributed by atoms with van der Waals surface area (Å²) in [6.07, 6.45) is 11.7. The van der Waals surface area contributed by atoms with E-state index in [-0.39, 0.29) is 23.4 Å². The molecule has 3 aromatic rings. The Balaban J connectivity index is 1.09. The smallest absolute Gasteiger partial charge is 0.409 e. The first-order chi connectivity index (χ1) is 23.3. The molecule has 0 aliphatic carbocycles. The molecular weight excluding hydrogens is 609 g/mol. The summed E-state index contributed by atoms with van der Waals surface area (Å²) in [4.78, 5) is 31.0. The second kappa shape index (κ2) is 12.4. The van der Waals surface area contributed by atoms with Crippen molar-refractivity contribution in [1.29, 1.82) is 0 Å². The minimum atomic E-state index is -0.381. The summed E-state index contributed by atoms with van der Waals surface area (Å²) in [5.41, 5.74) is 3.22. The Labute approximate surface area is 281 Å². The third kappa shape index (κ3) is 5.59. The van der Waals surface area contributed by atoms with E-state index in [0.717, 1.165) is 86.4 Å². The van der Waals surface area contributed by atoms with Crippen molar-refractivity contribution in [3.63, 3.8) is 0 Å². The van der Waals surface area contributed by atoms with Crippen molar-refractivity contribution in [2.24, 2.45) is 5.92 Å². The number of ether oxygens (including phenoxy) is 2. The highest BCUT2D eigenvalue weighted by Gasteiger charge is 2.49. The van der Waals surface area contributed by atoms with Gasteiger partial charge in [-0.05, 0) is 62.6 Å². The highest BCUT2D eigenvalue weighted by atomic mass is 19.1. The Hall–Kier alpha value is -4.14. The summed E-state index contributed by atoms with van der Waals surface area (Å²) in [7, 11) is 3.41. The lowest BCUT2D eigenvalue weighted by Crippen LogP contribution is -2.52. The number of fused-ring (bicyclic) bond motifs is 5. The van der Waals surface area contributed by atoms with Crippen molar-refractivity contribution in [1.82, 2.24) is 25.1 Å². The molecule has 0 spiro atoms. The zero-order chi connectivity index (χ0) is 33.0. The molecule has 0 unspecified atom stereocenters. The van der Waals surface area contributed by atoms with Crippen LogP contribution in [0.5, 0.6) is 6.01 Å². The van der Waals surface area contributed by atoms with E-state index < -0.39 is 0 Å². The number of terminal acetylenes is 1. The van der Waals surface area contributed by atoms with Gasteiger partial charge in [-0.1, -0.05) is 24.1 Å². The standard InChI is InChI=1S/C37H44FN7O3/c1-4-28-30(38)12-9-25-7-5-8-32(33(25)28)43-16-13-29-31(21-43)40-35(41-34(29)44-19-26-10-11-27(20-44)39-26)48-23-37-14-6-15-45(37)18-24(17-37)22-47-36(46)42(2)3/h1,5,7-9,12,24,26-27,39H,6,10-11,13-23H2,2-3H3/t24-,26-,27+,37+/m1/s1. The minimum Gasteiger partial charge on any atom is -0.461 e. The zero-order valence-corrected chi connectivity index (χ0v) is 27.9. The quantitative estimate of drug-likeness (QED) is 0.378. The van der Waals surface area contributed by atoms with Crippen molar-refractivity contribution in [3.05, 3.63) is 53.0 Å². The molecule has 6 heterocycles. The normalized spacial score (nSPS) is 26.3. The lowest BCUT2D eigenvalue weighted by Gasteiger charge is -2.38. The minimum absolute atomic E-state index is 0.118. The summed E-state index contributed by atoms with van der Waals surface area (Å²) < 4.78 is 27.1. The number of carbonyl (C=O) groups is 1. The third-order valence-corrected chi connectivity index (χ3v) is 11.2. The fourth-order valence-corrected chi connectivity index (χ4v) is 8.90. The van der Waals surface area contributed by atoms with Gasteiger partial charge in [0.2, 0.25) is 0 Å². The first-order valence-electron chi connectivity index (χ1n) is 17.4. The number of rotatable bonds is 7. The molecule has 5 aliphatic rings. The number of amides is 1. The van der Waals surface area contributed by atoms with Gasteiger partial charge < -0.3 is 29.5 Å². The average Bonchev–Trinajstić information content (AvgIpc) is 3.76. The van der Waals surface area contributed by atoms with Gasteiger partial charge in [-0.25, -0.2) is 9.18 Å². The van der Waals surface area contributed by atoms with Crippen molar-refractivity contribution >= 4 is 28.4 Å². The van der Waals surface area contributed by atoms with E-state index in [4.69, 9.17) is 25.9 Å². The van der Waals surface area contributed by atoms with E-state index in [0.29, 0.717) is 43.4 Å². The molecule has 0 radical (unpaired) electrons. The first-order valence-corrected chi connectivity index (χ1v) is 17.4. The molecule has 4 saturated heterocycles. The van der Waals surface area contributed by atoms with Gasteiger partial charge in [0.15, 0.2) is 0 Å². The molecule has 8 rings (SSSR count). The molecular formula is C37H44FN7O3. The van der Waals surface area contributed by atoms with Gasteiger partial charge in [0.05, 0.1) is 29.9 Å². The number of halogens is 1. The summed E-state index contributed by atoms with van der Waals surface area (Å²) in [5.74, 6) is 3.48. The molecule has 252 valence electrons. The number of anilines is 2. The van der Waals surface area contributed by atoms with Crippen molar-refractivity contribution in [2.75, 3.05) is 69.8 Å². The van der Waals surface area contributed by atoms with Gasteiger partial charge in [-0.3, -0.25) is 4.90 Å². The summed E-state index contributed by atoms with van der Waals surface area (Å²) in [5, 5.41) is 5.43. The number of piperazine rings is 1. The molecule has 1 aromatic heterocycles. The maximum atomic E-state index is 14.9. The topological polar surface area (TPSA) is 86.3 Å². The van der Waals surface area contributed by atoms with E-state index in [1.54, 1.807) is 20.2 Å². The molecule has 1 N–H and O–H groups in total. The second-order valence-corrected chi connectivity index (χ2v) is 14.5. The maximum absolute atomic E-state index is 14.9. The number of hydrogen-bond acceptors (Lipinski definition) is 9. The van der Waals surface area contributed by atoms with Gasteiger partial charge in [-0.2, -0.15) is 9.97 Å². The molecule has 4 fully saturated rings. The Morgan fingerprint density at radius 1 is 1.12 bits per heavy atom. The fourth-order valence-electron chi connectivity index (χ4n) is 8.90. The van der Waals surface area contributed by atoms with Crippen molar-refractivity contribution in [2.45, 2.75) is 62.7 Å². The summed E-state index contributed by atoms with van der Waals surface area (Å²) in [6, 6.07) is 10.6. The Kier molecular flexibility index (Phi) is 8.04. The van der Waals surface area contributed by atoms with Crippen LogP contribution in [0.2, 0.25) is 0 Å². The highest BCUT2D eigenvalue weighted by Crippen LogP contribution is 2.43. The average molecular weight is 654 g/mol. The molecule has 4 atom stereocenters. The first kappa shape index (κ1) is 31.1. The molecule has 1 amide bonds. The van der Waals surface area contributed by atoms with Crippen LogP contribution in [-0.4, -0.2) is 104 Å². The predicted molar refractivity (Wildman–Crippen MR) is 183 cm³/mol. The number of aromatic nitrogens is 2. The SMILES string of the molecule is C#Cc1c(F)ccc2cccc(N3CCc4c(nc(OC[C@@]56CCCN5C[C@H](COC(=O)N(C)C)C6)nc4N4C[C@H]5CC[C@@H](C4)N5)C3)c12. The largest absolute Gasteiger partial charge is 0.461 e. The second-order valence-electron chi connectivity index (χ2n) is 14.5. The van der Waals surface area contributed by atoms with Crippen LogP contribution in [0.4, 0.5) is 20.7 Å². The number of nitrogens with one attached hydrogen (secondary N) is 1. The number of nitrogens with zero attached hydrogens (tertiary/aromatic N) is 6. The Morgan fingerprint density at radius 2 is 1.96 bits per heavy atom. The highest BCUT2D eigenvalue weighted by molar-refractivity contribution is 5.99. The van der Waals surface area contributed by atoms with Gasteiger partial charge in [0, 0.05) is 74.9 Å². The van der Waals surface area contributed by atoms with Crippen LogP contribution < -0.4 is 19.9 Å². The van der Waals surface area contributed by atoms with Crippen molar-refractivity contribution in [3.8, 4) is 18.4 Å². The Bertz CT molecular complexity index is 1770. The van der Waals surface area contributed by atoms with Gasteiger partial charge in [0.25, 0.3) is 0 Å². The number of carbonyl (C=O) groups excluding carboxylic acids is 1. The van der Waals surface area contributed by atoms with E-state index in [9.17, 15) is 9.18 Å². The molecule has 11 heteroatoms. The van der Waals surface area contributed by atoms with Crippen LogP contribution in [0.3, 0.4) is 0 Å². The van der Waals surface area contributed by atoms with Crippen LogP contribution in [0.1, 0.15) is 48.9 Å². The monoisotopic (exact) mass is 653 g/mol. The van der Waals surface area contributed by atoms with E-state index in [1.807, 2.05) is 18.2 Å². The van der Waals surface area contributed by atoms with Gasteiger partial charge in [0.1, 0.15) is 18.2 Å². The van der Waals surface area contributed by atoms with Gasteiger partial charge >= 0.3 is 12.1 Å². The van der Waals surface area contributed by atoms with Crippen LogP contribution >= 0.6 is 0 Å². The van der Waals surface area contributed by atoms with E-state index in [1.165, 1.54) is 29.4 Å². The molecule has 10 nitrogen and oxygen atoms in total. The van der Waals surface area contributed by atoms with Crippen LogP contribution in [0.15, 0.2) is 30.3 Å². The molecule has 2 aromatic carbocycles. The zero-order valence-electron chi connectivity index (χ0n) is 27.9. The van der Waals surface area contributed by atoms with Crippen molar-refractivity contribution < 1.29 is 18.7 Å². The fraction of sp³-hybridized carbons (Fsp3) is 0.541. The van der Waals surface area contributed by atoms with E-state index >= 15 is 0 Å². The van der Waals surface area contributed by atoms with Gasteiger partial charge in [-0.15, -0.1) is 6.42 Å². The van der Waals surface area contributed by atoms with E-state index in [2.05, 4.69) is 25.9 Å². The van der Waals surface area contributed by atoms with Crippen LogP contribution in [0, 0.1) is 24.1 Å². The lowest BCUT2D eigenvalue weighted by atomic mass is 9.91. The number of benzene rings is 2. The Morgan fingerprint density at radius 3 is 2.75 bits per heavy atom. The summed E-state index contributed by atoms with van der Waals surface area (Å²) >= 11 is 0. The lowest BCUT2D eigenvalue weighted by molar-refractivity contribution is 0.100. The predicted octanol–water partition coefficient (Wildman–Crippen LogP) is 4.19. The van der Waals surface area contributed by atoms with Crippen LogP contribution in [-0.2, 0) is 17.7 Å². The maximum Gasteiger partial charge on any atom is 0.409 e. The number of hydrogen-bond donors (Lipinski definition) is 1. The molecule has 48 heavy (non-hydrogen) atoms.